The van der Waals surface area contributed by atoms with Gasteiger partial charge >= 0.3 is 6.09 Å². The number of H-pyrrole nitrogens is 1. The number of rotatable bonds is 4. The zero-order valence-electron chi connectivity index (χ0n) is 15.3. The van der Waals surface area contributed by atoms with Gasteiger partial charge < -0.3 is 15.0 Å². The van der Waals surface area contributed by atoms with E-state index < -0.39 is 11.7 Å². The van der Waals surface area contributed by atoms with E-state index >= 15 is 0 Å². The van der Waals surface area contributed by atoms with E-state index in [9.17, 15) is 4.79 Å². The number of hydrogen-bond acceptors (Lipinski definition) is 3. The second-order valence-corrected chi connectivity index (χ2v) is 7.42. The topological polar surface area (TPSA) is 67.0 Å². The fraction of sp³-hybridized carbons (Fsp3) is 0.474. The number of benzene rings is 1. The molecule has 1 heterocycles. The third kappa shape index (κ3) is 4.85. The molecule has 5 heteroatoms. The first-order valence-electron chi connectivity index (χ1n) is 8.27. The summed E-state index contributed by atoms with van der Waals surface area (Å²) in [7, 11) is 0. The second-order valence-electron chi connectivity index (χ2n) is 7.42. The van der Waals surface area contributed by atoms with Crippen LogP contribution in [0.5, 0.6) is 0 Å². The molecule has 0 bridgehead atoms. The van der Waals surface area contributed by atoms with E-state index in [2.05, 4.69) is 34.3 Å². The summed E-state index contributed by atoms with van der Waals surface area (Å²) >= 11 is 0. The van der Waals surface area contributed by atoms with E-state index in [0.29, 0.717) is 0 Å². The number of amides is 1. The predicted octanol–water partition coefficient (Wildman–Crippen LogP) is 4.61. The molecule has 1 aromatic heterocycles. The van der Waals surface area contributed by atoms with Gasteiger partial charge in [-0.05, 0) is 45.2 Å². The van der Waals surface area contributed by atoms with E-state index in [4.69, 9.17) is 4.74 Å². The maximum absolute atomic E-state index is 12.1. The average Bonchev–Trinajstić information content (AvgIpc) is 2.92. The smallest absolute Gasteiger partial charge is 0.408 e. The molecule has 0 spiro atoms. The molecule has 0 aliphatic heterocycles. The van der Waals surface area contributed by atoms with E-state index in [1.165, 1.54) is 5.56 Å². The Balaban J connectivity index is 2.19. The number of nitrogens with zero attached hydrogens (tertiary/aromatic N) is 1. The van der Waals surface area contributed by atoms with Crippen LogP contribution < -0.4 is 5.32 Å². The Morgan fingerprint density at radius 2 is 2.00 bits per heavy atom. The van der Waals surface area contributed by atoms with Gasteiger partial charge in [-0.1, -0.05) is 37.6 Å². The number of hydrogen-bond donors (Lipinski definition) is 2. The summed E-state index contributed by atoms with van der Waals surface area (Å²) in [5.74, 6) is 0.904. The maximum Gasteiger partial charge on any atom is 0.408 e. The van der Waals surface area contributed by atoms with Crippen molar-refractivity contribution in [1.29, 1.82) is 0 Å². The largest absolute Gasteiger partial charge is 0.444 e. The lowest BCUT2D eigenvalue weighted by Gasteiger charge is -2.24. The quantitative estimate of drug-likeness (QED) is 0.861. The molecule has 0 aliphatic carbocycles. The molecule has 0 aliphatic rings. The molecule has 2 N–H and O–H groups in total. The Labute approximate surface area is 143 Å². The molecular formula is C19H27N3O2. The van der Waals surface area contributed by atoms with Gasteiger partial charge in [0.2, 0.25) is 0 Å². The summed E-state index contributed by atoms with van der Waals surface area (Å²) < 4.78 is 5.36. The standard InChI is InChI=1S/C19H27N3O2/c1-12(2)16(22-18(23)24-19(4,5)6)17-20-11-15(21-17)14-9-7-8-13(3)10-14/h7-12,16H,1-6H3,(H,20,21)(H,22,23)/t16-/m1/s1. The van der Waals surface area contributed by atoms with Crippen LogP contribution in [-0.2, 0) is 4.74 Å². The van der Waals surface area contributed by atoms with Crippen LogP contribution >= 0.6 is 0 Å². The van der Waals surface area contributed by atoms with Crippen LogP contribution in [0.15, 0.2) is 30.5 Å². The molecule has 0 saturated carbocycles. The van der Waals surface area contributed by atoms with Crippen molar-refractivity contribution in [2.24, 2.45) is 5.92 Å². The average molecular weight is 329 g/mol. The van der Waals surface area contributed by atoms with Gasteiger partial charge in [0.25, 0.3) is 0 Å². The normalized spacial score (nSPS) is 13.0. The fourth-order valence-corrected chi connectivity index (χ4v) is 2.44. The second kappa shape index (κ2) is 7.07. The summed E-state index contributed by atoms with van der Waals surface area (Å²) in [5, 5.41) is 2.91. The van der Waals surface area contributed by atoms with Crippen LogP contribution in [0.4, 0.5) is 4.79 Å². The third-order valence-corrected chi connectivity index (χ3v) is 3.56. The molecule has 1 atom stereocenters. The molecule has 0 fully saturated rings. The van der Waals surface area contributed by atoms with Crippen LogP contribution in [-0.4, -0.2) is 21.7 Å². The summed E-state index contributed by atoms with van der Waals surface area (Å²) in [6, 6.07) is 7.98. The van der Waals surface area contributed by atoms with Gasteiger partial charge in [0.05, 0.1) is 17.9 Å². The molecule has 1 aromatic carbocycles. The van der Waals surface area contributed by atoms with E-state index in [-0.39, 0.29) is 12.0 Å². The number of carbonyl (C=O) groups excluding carboxylic acids is 1. The first-order valence-corrected chi connectivity index (χ1v) is 8.27. The Morgan fingerprint density at radius 3 is 2.58 bits per heavy atom. The Hall–Kier alpha value is -2.30. The minimum absolute atomic E-state index is 0.175. The number of ether oxygens (including phenoxy) is 1. The van der Waals surface area contributed by atoms with Gasteiger partial charge in [-0.15, -0.1) is 0 Å². The van der Waals surface area contributed by atoms with Crippen LogP contribution in [0.1, 0.15) is 52.0 Å². The number of nitrogens with one attached hydrogen (secondary N) is 2. The van der Waals surface area contributed by atoms with Gasteiger partial charge in [-0.25, -0.2) is 9.78 Å². The monoisotopic (exact) mass is 329 g/mol. The van der Waals surface area contributed by atoms with Crippen molar-refractivity contribution in [3.63, 3.8) is 0 Å². The van der Waals surface area contributed by atoms with Crippen LogP contribution in [0.2, 0.25) is 0 Å². The van der Waals surface area contributed by atoms with Crippen molar-refractivity contribution in [2.75, 3.05) is 0 Å². The molecular weight excluding hydrogens is 302 g/mol. The fourth-order valence-electron chi connectivity index (χ4n) is 2.44. The number of aromatic nitrogens is 2. The van der Waals surface area contributed by atoms with Crippen LogP contribution in [0, 0.1) is 12.8 Å². The van der Waals surface area contributed by atoms with E-state index in [0.717, 1.165) is 17.1 Å². The zero-order chi connectivity index (χ0) is 17.9. The highest BCUT2D eigenvalue weighted by Crippen LogP contribution is 2.24. The van der Waals surface area contributed by atoms with Gasteiger partial charge in [0.1, 0.15) is 11.4 Å². The number of alkyl carbamates (subject to hydrolysis) is 1. The van der Waals surface area contributed by atoms with Gasteiger partial charge in [-0.3, -0.25) is 0 Å². The first kappa shape index (κ1) is 18.0. The lowest BCUT2D eigenvalue weighted by atomic mass is 10.0. The van der Waals surface area contributed by atoms with Crippen molar-refractivity contribution in [1.82, 2.24) is 15.3 Å². The molecule has 24 heavy (non-hydrogen) atoms. The predicted molar refractivity (Wildman–Crippen MR) is 95.7 cm³/mol. The Bertz CT molecular complexity index is 699. The number of imidazole rings is 1. The summed E-state index contributed by atoms with van der Waals surface area (Å²) in [6.45, 7) is 11.7. The molecule has 5 nitrogen and oxygen atoms in total. The molecule has 2 aromatic rings. The molecule has 130 valence electrons. The van der Waals surface area contributed by atoms with Crippen molar-refractivity contribution < 1.29 is 9.53 Å². The molecule has 0 radical (unpaired) electrons. The minimum Gasteiger partial charge on any atom is -0.444 e. The number of carbonyl (C=O) groups is 1. The van der Waals surface area contributed by atoms with Crippen molar-refractivity contribution in [3.05, 3.63) is 41.9 Å². The van der Waals surface area contributed by atoms with Crippen molar-refractivity contribution >= 4 is 6.09 Å². The summed E-state index contributed by atoms with van der Waals surface area (Å²) in [5.41, 5.74) is 2.68. The summed E-state index contributed by atoms with van der Waals surface area (Å²) in [6.07, 6.45) is 1.37. The Morgan fingerprint density at radius 1 is 1.29 bits per heavy atom. The highest BCUT2D eigenvalue weighted by atomic mass is 16.6. The number of aryl methyl sites for hydroxylation is 1. The van der Waals surface area contributed by atoms with Gasteiger partial charge in [0, 0.05) is 0 Å². The first-order chi connectivity index (χ1) is 11.2. The van der Waals surface area contributed by atoms with Crippen LogP contribution in [0.25, 0.3) is 11.3 Å². The lowest BCUT2D eigenvalue weighted by molar-refractivity contribution is 0.0486. The highest BCUT2D eigenvalue weighted by molar-refractivity contribution is 5.68. The lowest BCUT2D eigenvalue weighted by Crippen LogP contribution is -2.37. The minimum atomic E-state index is -0.526. The van der Waals surface area contributed by atoms with Crippen LogP contribution in [0.3, 0.4) is 0 Å². The molecule has 1 amide bonds. The summed E-state index contributed by atoms with van der Waals surface area (Å²) in [4.78, 5) is 19.9. The van der Waals surface area contributed by atoms with Crippen molar-refractivity contribution in [3.8, 4) is 11.3 Å². The highest BCUT2D eigenvalue weighted by Gasteiger charge is 2.24. The SMILES string of the molecule is Cc1cccc(-c2cnc([C@H](NC(=O)OC(C)(C)C)C(C)C)[nH]2)c1. The molecule has 2 rings (SSSR count). The maximum atomic E-state index is 12.1. The zero-order valence-corrected chi connectivity index (χ0v) is 15.3. The Kier molecular flexibility index (Phi) is 5.32. The third-order valence-electron chi connectivity index (χ3n) is 3.56. The van der Waals surface area contributed by atoms with E-state index in [1.54, 1.807) is 6.20 Å². The van der Waals surface area contributed by atoms with Crippen molar-refractivity contribution in [2.45, 2.75) is 53.2 Å². The number of aromatic amines is 1. The molecule has 0 saturated heterocycles. The molecule has 0 unspecified atom stereocenters. The van der Waals surface area contributed by atoms with Gasteiger partial charge in [0.15, 0.2) is 0 Å². The van der Waals surface area contributed by atoms with Gasteiger partial charge in [-0.2, -0.15) is 0 Å². The van der Waals surface area contributed by atoms with E-state index in [1.807, 2.05) is 46.8 Å².